The van der Waals surface area contributed by atoms with Crippen LogP contribution in [-0.4, -0.2) is 24.1 Å². The van der Waals surface area contributed by atoms with E-state index >= 15 is 0 Å². The maximum atomic E-state index is 13.0. The molecule has 0 bridgehead atoms. The predicted octanol–water partition coefficient (Wildman–Crippen LogP) is 2.77. The Kier molecular flexibility index (Phi) is 3.66. The fraction of sp³-hybridized carbons (Fsp3) is 0.111. The van der Waals surface area contributed by atoms with Crippen molar-refractivity contribution < 1.29 is 17.6 Å². The molecule has 6 nitrogen and oxygen atoms in total. The van der Waals surface area contributed by atoms with E-state index in [0.29, 0.717) is 22.5 Å². The van der Waals surface area contributed by atoms with Gasteiger partial charge in [-0.05, 0) is 30.3 Å². The van der Waals surface area contributed by atoms with Crippen molar-refractivity contribution in [3.05, 3.63) is 65.6 Å². The summed E-state index contributed by atoms with van der Waals surface area (Å²) in [6, 6.07) is 12.0. The van der Waals surface area contributed by atoms with E-state index in [4.69, 9.17) is 0 Å². The largest absolute Gasteiger partial charge is 0.321 e. The van der Waals surface area contributed by atoms with Gasteiger partial charge in [0.05, 0.1) is 16.3 Å². The lowest BCUT2D eigenvalue weighted by Crippen LogP contribution is -2.18. The summed E-state index contributed by atoms with van der Waals surface area (Å²) in [5.41, 5.74) is 1.95. The van der Waals surface area contributed by atoms with Gasteiger partial charge in [0, 0.05) is 23.9 Å². The molecule has 1 aliphatic heterocycles. The quantitative estimate of drug-likeness (QED) is 0.751. The molecule has 0 spiro atoms. The Morgan fingerprint density at radius 1 is 1.15 bits per heavy atom. The monoisotopic (exact) mass is 371 g/mol. The van der Waals surface area contributed by atoms with Crippen LogP contribution in [0.15, 0.2) is 53.4 Å². The third-order valence-electron chi connectivity index (χ3n) is 4.27. The van der Waals surface area contributed by atoms with Crippen LogP contribution >= 0.6 is 0 Å². The molecule has 0 unspecified atom stereocenters. The van der Waals surface area contributed by atoms with Crippen molar-refractivity contribution in [1.29, 1.82) is 0 Å². The number of carbonyl (C=O) groups excluding carboxylic acids is 1. The first-order valence-electron chi connectivity index (χ1n) is 7.82. The highest BCUT2D eigenvalue weighted by atomic mass is 32.2. The van der Waals surface area contributed by atoms with Crippen molar-refractivity contribution in [3.8, 4) is 11.3 Å². The van der Waals surface area contributed by atoms with Gasteiger partial charge in [0.2, 0.25) is 0 Å². The molecule has 1 aliphatic rings. The first-order chi connectivity index (χ1) is 12.4. The lowest BCUT2D eigenvalue weighted by atomic mass is 10.1. The molecule has 4 rings (SSSR count). The van der Waals surface area contributed by atoms with Crippen molar-refractivity contribution in [2.45, 2.75) is 10.6 Å². The summed E-state index contributed by atoms with van der Waals surface area (Å²) in [7, 11) is -1.89. The molecule has 0 radical (unpaired) electrons. The van der Waals surface area contributed by atoms with Crippen LogP contribution < -0.4 is 5.32 Å². The zero-order valence-corrected chi connectivity index (χ0v) is 14.5. The number of benzene rings is 2. The smallest absolute Gasteiger partial charge is 0.276 e. The summed E-state index contributed by atoms with van der Waals surface area (Å²) >= 11 is 0. The van der Waals surface area contributed by atoms with Crippen LogP contribution in [0, 0.1) is 5.82 Å². The summed E-state index contributed by atoms with van der Waals surface area (Å²) in [5, 5.41) is 6.86. The molecule has 0 atom stereocenters. The molecule has 1 N–H and O–H groups in total. The SMILES string of the molecule is Cn1nc(C(=O)Nc2ccc(F)cc2)c2c1-c1ccccc1S(=O)(=O)C2. The Bertz CT molecular complexity index is 1130. The van der Waals surface area contributed by atoms with E-state index < -0.39 is 21.6 Å². The van der Waals surface area contributed by atoms with Gasteiger partial charge in [0.25, 0.3) is 5.91 Å². The summed E-state index contributed by atoms with van der Waals surface area (Å²) in [6.45, 7) is 0. The number of fused-ring (bicyclic) bond motifs is 3. The molecule has 0 saturated heterocycles. The van der Waals surface area contributed by atoms with Crippen LogP contribution in [0.1, 0.15) is 16.1 Å². The number of rotatable bonds is 2. The number of nitrogens with one attached hydrogen (secondary N) is 1. The van der Waals surface area contributed by atoms with E-state index in [2.05, 4.69) is 10.4 Å². The molecule has 1 amide bonds. The molecule has 0 fully saturated rings. The van der Waals surface area contributed by atoms with Crippen molar-refractivity contribution >= 4 is 21.4 Å². The number of sulfone groups is 1. The van der Waals surface area contributed by atoms with E-state index in [1.807, 2.05) is 0 Å². The third-order valence-corrected chi connectivity index (χ3v) is 5.97. The van der Waals surface area contributed by atoms with E-state index in [9.17, 15) is 17.6 Å². The van der Waals surface area contributed by atoms with Gasteiger partial charge in [0.1, 0.15) is 5.82 Å². The van der Waals surface area contributed by atoms with Crippen molar-refractivity contribution in [3.63, 3.8) is 0 Å². The Balaban J connectivity index is 1.80. The van der Waals surface area contributed by atoms with Crippen molar-refractivity contribution in [2.24, 2.45) is 7.05 Å². The van der Waals surface area contributed by atoms with Gasteiger partial charge in [-0.15, -0.1) is 0 Å². The Morgan fingerprint density at radius 3 is 2.58 bits per heavy atom. The second-order valence-corrected chi connectivity index (χ2v) is 7.97. The Morgan fingerprint density at radius 2 is 1.85 bits per heavy atom. The molecule has 0 saturated carbocycles. The average molecular weight is 371 g/mol. The molecular weight excluding hydrogens is 357 g/mol. The minimum Gasteiger partial charge on any atom is -0.321 e. The van der Waals surface area contributed by atoms with Gasteiger partial charge in [-0.3, -0.25) is 9.48 Å². The number of amides is 1. The van der Waals surface area contributed by atoms with Crippen LogP contribution in [0.5, 0.6) is 0 Å². The molecule has 1 aromatic heterocycles. The molecule has 2 aromatic carbocycles. The number of hydrogen-bond donors (Lipinski definition) is 1. The predicted molar refractivity (Wildman–Crippen MR) is 93.9 cm³/mol. The van der Waals surface area contributed by atoms with Crippen LogP contribution in [0.25, 0.3) is 11.3 Å². The topological polar surface area (TPSA) is 81.1 Å². The number of hydrogen-bond acceptors (Lipinski definition) is 4. The minimum absolute atomic E-state index is 0.0462. The van der Waals surface area contributed by atoms with E-state index in [0.717, 1.165) is 0 Å². The number of nitrogens with zero attached hydrogens (tertiary/aromatic N) is 2. The number of anilines is 1. The molecule has 26 heavy (non-hydrogen) atoms. The number of carbonyl (C=O) groups is 1. The Hall–Kier alpha value is -3.00. The maximum absolute atomic E-state index is 13.0. The van der Waals surface area contributed by atoms with Crippen LogP contribution in [0.2, 0.25) is 0 Å². The summed E-state index contributed by atoms with van der Waals surface area (Å²) < 4.78 is 39.7. The summed E-state index contributed by atoms with van der Waals surface area (Å²) in [5.74, 6) is -1.25. The molecule has 0 aliphatic carbocycles. The van der Waals surface area contributed by atoms with E-state index in [1.165, 1.54) is 28.9 Å². The second-order valence-electron chi connectivity index (χ2n) is 6.02. The minimum atomic E-state index is -3.56. The van der Waals surface area contributed by atoms with E-state index in [-0.39, 0.29) is 16.3 Å². The maximum Gasteiger partial charge on any atom is 0.276 e. The van der Waals surface area contributed by atoms with Gasteiger partial charge in [-0.2, -0.15) is 5.10 Å². The van der Waals surface area contributed by atoms with Crippen LogP contribution in [0.3, 0.4) is 0 Å². The molecule has 132 valence electrons. The number of halogens is 1. The highest BCUT2D eigenvalue weighted by Crippen LogP contribution is 2.39. The second kappa shape index (κ2) is 5.77. The fourth-order valence-electron chi connectivity index (χ4n) is 3.15. The first kappa shape index (κ1) is 16.5. The molecule has 2 heterocycles. The fourth-order valence-corrected chi connectivity index (χ4v) is 4.74. The molecule has 3 aromatic rings. The third kappa shape index (κ3) is 2.59. The van der Waals surface area contributed by atoms with Gasteiger partial charge in [0.15, 0.2) is 15.5 Å². The van der Waals surface area contributed by atoms with E-state index in [1.54, 1.807) is 31.3 Å². The average Bonchev–Trinajstić information content (AvgIpc) is 2.93. The van der Waals surface area contributed by atoms with Gasteiger partial charge in [-0.25, -0.2) is 12.8 Å². The lowest BCUT2D eigenvalue weighted by molar-refractivity contribution is 0.102. The number of aryl methyl sites for hydroxylation is 1. The zero-order chi connectivity index (χ0) is 18.5. The van der Waals surface area contributed by atoms with Crippen LogP contribution in [0.4, 0.5) is 10.1 Å². The standard InChI is InChI=1S/C18H14FN3O3S/c1-22-17-13-4-2-3-5-15(13)26(24,25)10-14(17)16(21-22)18(23)20-12-8-6-11(19)7-9-12/h2-9H,10H2,1H3,(H,20,23). The van der Waals surface area contributed by atoms with Crippen LogP contribution in [-0.2, 0) is 22.6 Å². The van der Waals surface area contributed by atoms with Gasteiger partial charge in [-0.1, -0.05) is 18.2 Å². The number of aromatic nitrogens is 2. The highest BCUT2D eigenvalue weighted by molar-refractivity contribution is 7.90. The summed E-state index contributed by atoms with van der Waals surface area (Å²) in [6.07, 6.45) is 0. The van der Waals surface area contributed by atoms with Gasteiger partial charge >= 0.3 is 0 Å². The lowest BCUT2D eigenvalue weighted by Gasteiger charge is -2.18. The summed E-state index contributed by atoms with van der Waals surface area (Å²) in [4.78, 5) is 12.9. The van der Waals surface area contributed by atoms with Crippen molar-refractivity contribution in [1.82, 2.24) is 9.78 Å². The molecular formula is C18H14FN3O3S. The normalized spacial score (nSPS) is 14.4. The molecule has 8 heteroatoms. The van der Waals surface area contributed by atoms with Gasteiger partial charge < -0.3 is 5.32 Å². The zero-order valence-electron chi connectivity index (χ0n) is 13.7. The highest BCUT2D eigenvalue weighted by Gasteiger charge is 2.34. The Labute approximate surface area is 149 Å². The van der Waals surface area contributed by atoms with Crippen molar-refractivity contribution in [2.75, 3.05) is 5.32 Å². The first-order valence-corrected chi connectivity index (χ1v) is 9.47.